The molecule has 2 amide bonds. The van der Waals surface area contributed by atoms with Crippen LogP contribution in [-0.4, -0.2) is 55.9 Å². The van der Waals surface area contributed by atoms with E-state index < -0.39 is 0 Å². The Balaban J connectivity index is 1.70. The monoisotopic (exact) mass is 409 g/mol. The largest absolute Gasteiger partial charge is 0.497 e. The molecule has 0 radical (unpaired) electrons. The van der Waals surface area contributed by atoms with Crippen molar-refractivity contribution in [3.8, 4) is 5.75 Å². The highest BCUT2D eigenvalue weighted by atomic mass is 16.5. The maximum absolute atomic E-state index is 12.8. The smallest absolute Gasteiger partial charge is 0.253 e. The fraction of sp³-hybridized carbons (Fsp3) is 0.417. The minimum Gasteiger partial charge on any atom is -0.497 e. The lowest BCUT2D eigenvalue weighted by Crippen LogP contribution is -2.36. The van der Waals surface area contributed by atoms with Crippen LogP contribution < -0.4 is 10.1 Å². The van der Waals surface area contributed by atoms with E-state index in [0.29, 0.717) is 17.8 Å². The number of carbonyl (C=O) groups excluding carboxylic acids is 2. The molecule has 0 bridgehead atoms. The Hall–Kier alpha value is -2.86. The molecule has 3 rings (SSSR count). The van der Waals surface area contributed by atoms with E-state index in [2.05, 4.69) is 22.3 Å². The summed E-state index contributed by atoms with van der Waals surface area (Å²) in [5.74, 6) is 0.687. The van der Waals surface area contributed by atoms with Crippen LogP contribution >= 0.6 is 0 Å². The van der Waals surface area contributed by atoms with Crippen molar-refractivity contribution in [1.82, 2.24) is 9.80 Å². The molecule has 1 heterocycles. The zero-order valence-corrected chi connectivity index (χ0v) is 18.1. The van der Waals surface area contributed by atoms with Gasteiger partial charge in [-0.15, -0.1) is 0 Å². The number of ether oxygens (including phenoxy) is 1. The van der Waals surface area contributed by atoms with Gasteiger partial charge in [-0.1, -0.05) is 31.0 Å². The second-order valence-electron chi connectivity index (χ2n) is 7.94. The summed E-state index contributed by atoms with van der Waals surface area (Å²) < 4.78 is 5.28. The number of likely N-dealkylation sites (tertiary alicyclic amines) is 1. The fourth-order valence-corrected chi connectivity index (χ4v) is 3.93. The molecule has 1 atom stereocenters. The van der Waals surface area contributed by atoms with Crippen LogP contribution in [0.5, 0.6) is 5.75 Å². The number of rotatable bonds is 6. The highest BCUT2D eigenvalue weighted by Crippen LogP contribution is 2.31. The summed E-state index contributed by atoms with van der Waals surface area (Å²) in [4.78, 5) is 28.8. The van der Waals surface area contributed by atoms with E-state index in [-0.39, 0.29) is 17.9 Å². The maximum Gasteiger partial charge on any atom is 0.253 e. The standard InChI is InChI=1S/C24H31N3O3/c1-26(2)24(29)19-8-7-9-20(16-19)25-23(28)17-27-15-6-4-5-10-22(27)18-11-13-21(30-3)14-12-18/h7-9,11-14,16,22H,4-6,10,15,17H2,1-3H3,(H,25,28)/t22-/m1/s1. The van der Waals surface area contributed by atoms with Gasteiger partial charge in [0.1, 0.15) is 5.75 Å². The number of anilines is 1. The number of methoxy groups -OCH3 is 1. The van der Waals surface area contributed by atoms with E-state index in [9.17, 15) is 9.59 Å². The Morgan fingerprint density at radius 2 is 1.87 bits per heavy atom. The van der Waals surface area contributed by atoms with Crippen LogP contribution in [0.2, 0.25) is 0 Å². The zero-order valence-electron chi connectivity index (χ0n) is 18.1. The molecule has 6 heteroatoms. The molecular weight excluding hydrogens is 378 g/mol. The number of carbonyl (C=O) groups is 2. The van der Waals surface area contributed by atoms with E-state index in [0.717, 1.165) is 31.6 Å². The summed E-state index contributed by atoms with van der Waals surface area (Å²) in [6, 6.07) is 15.4. The second-order valence-corrected chi connectivity index (χ2v) is 7.94. The van der Waals surface area contributed by atoms with E-state index in [4.69, 9.17) is 4.74 Å². The molecule has 0 aromatic heterocycles. The minimum atomic E-state index is -0.0850. The van der Waals surface area contributed by atoms with E-state index in [1.54, 1.807) is 39.4 Å². The van der Waals surface area contributed by atoms with Gasteiger partial charge in [-0.25, -0.2) is 0 Å². The Morgan fingerprint density at radius 3 is 2.57 bits per heavy atom. The molecular formula is C24H31N3O3. The van der Waals surface area contributed by atoms with Crippen LogP contribution in [-0.2, 0) is 4.79 Å². The lowest BCUT2D eigenvalue weighted by molar-refractivity contribution is -0.117. The highest BCUT2D eigenvalue weighted by Gasteiger charge is 2.24. The van der Waals surface area contributed by atoms with Crippen LogP contribution in [0.3, 0.4) is 0 Å². The Kier molecular flexibility index (Phi) is 7.46. The minimum absolute atomic E-state index is 0.0649. The molecule has 1 aliphatic rings. The molecule has 0 unspecified atom stereocenters. The molecule has 160 valence electrons. The first-order valence-electron chi connectivity index (χ1n) is 10.5. The van der Waals surface area contributed by atoms with E-state index in [1.165, 1.54) is 16.9 Å². The molecule has 2 aromatic carbocycles. The third kappa shape index (κ3) is 5.60. The first-order chi connectivity index (χ1) is 14.5. The van der Waals surface area contributed by atoms with Crippen LogP contribution in [0.1, 0.15) is 47.6 Å². The van der Waals surface area contributed by atoms with Crippen molar-refractivity contribution in [2.75, 3.05) is 39.6 Å². The molecule has 1 fully saturated rings. The first-order valence-corrected chi connectivity index (χ1v) is 10.5. The Morgan fingerprint density at radius 1 is 1.10 bits per heavy atom. The molecule has 30 heavy (non-hydrogen) atoms. The van der Waals surface area contributed by atoms with Gasteiger partial charge in [0.05, 0.1) is 13.7 Å². The van der Waals surface area contributed by atoms with Gasteiger partial charge >= 0.3 is 0 Å². The predicted molar refractivity (Wildman–Crippen MR) is 119 cm³/mol. The average molecular weight is 410 g/mol. The van der Waals surface area contributed by atoms with Crippen molar-refractivity contribution in [2.45, 2.75) is 31.7 Å². The van der Waals surface area contributed by atoms with Crippen LogP contribution in [0, 0.1) is 0 Å². The van der Waals surface area contributed by atoms with Crippen LogP contribution in [0.25, 0.3) is 0 Å². The first kappa shape index (κ1) is 21.8. The van der Waals surface area contributed by atoms with Gasteiger partial charge < -0.3 is 15.0 Å². The van der Waals surface area contributed by atoms with Gasteiger partial charge in [0.25, 0.3) is 5.91 Å². The topological polar surface area (TPSA) is 61.9 Å². The zero-order chi connectivity index (χ0) is 21.5. The average Bonchev–Trinajstić information content (AvgIpc) is 2.98. The summed E-state index contributed by atoms with van der Waals surface area (Å²) >= 11 is 0. The Bertz CT molecular complexity index is 864. The van der Waals surface area contributed by atoms with Gasteiger partial charge in [-0.2, -0.15) is 0 Å². The summed E-state index contributed by atoms with van der Waals surface area (Å²) in [5, 5.41) is 2.96. The summed E-state index contributed by atoms with van der Waals surface area (Å²) in [7, 11) is 5.09. The summed E-state index contributed by atoms with van der Waals surface area (Å²) in [5.41, 5.74) is 2.41. The van der Waals surface area contributed by atoms with Crippen LogP contribution in [0.4, 0.5) is 5.69 Å². The van der Waals surface area contributed by atoms with E-state index in [1.807, 2.05) is 18.2 Å². The lowest BCUT2D eigenvalue weighted by atomic mass is 10.0. The molecule has 2 aromatic rings. The van der Waals surface area contributed by atoms with Gasteiger partial charge in [0, 0.05) is 31.4 Å². The molecule has 0 saturated carbocycles. The molecule has 0 spiro atoms. The number of hydrogen-bond acceptors (Lipinski definition) is 4. The fourth-order valence-electron chi connectivity index (χ4n) is 3.93. The van der Waals surface area contributed by atoms with Gasteiger partial charge in [-0.05, 0) is 55.3 Å². The summed E-state index contributed by atoms with van der Waals surface area (Å²) in [6.45, 7) is 1.21. The van der Waals surface area contributed by atoms with Gasteiger partial charge in [0.15, 0.2) is 0 Å². The lowest BCUT2D eigenvalue weighted by Gasteiger charge is -2.30. The van der Waals surface area contributed by atoms with Gasteiger partial charge in [0.2, 0.25) is 5.91 Å². The number of amides is 2. The SMILES string of the molecule is COc1ccc([C@H]2CCCCCN2CC(=O)Nc2cccc(C(=O)N(C)C)c2)cc1. The molecule has 0 aliphatic carbocycles. The predicted octanol–water partition coefficient (Wildman–Crippen LogP) is 3.95. The second kappa shape index (κ2) is 10.3. The molecule has 1 aliphatic heterocycles. The van der Waals surface area contributed by atoms with E-state index >= 15 is 0 Å². The Labute approximate surface area is 178 Å². The molecule has 1 N–H and O–H groups in total. The normalized spacial score (nSPS) is 17.1. The molecule has 1 saturated heterocycles. The third-order valence-corrected chi connectivity index (χ3v) is 5.51. The number of nitrogens with one attached hydrogen (secondary N) is 1. The van der Waals surface area contributed by atoms with Crippen LogP contribution in [0.15, 0.2) is 48.5 Å². The van der Waals surface area contributed by atoms with Crippen molar-refractivity contribution in [1.29, 1.82) is 0 Å². The van der Waals surface area contributed by atoms with Crippen molar-refractivity contribution in [3.05, 3.63) is 59.7 Å². The highest BCUT2D eigenvalue weighted by molar-refractivity contribution is 5.97. The number of benzene rings is 2. The maximum atomic E-state index is 12.8. The van der Waals surface area contributed by atoms with Crippen molar-refractivity contribution >= 4 is 17.5 Å². The van der Waals surface area contributed by atoms with Crippen molar-refractivity contribution < 1.29 is 14.3 Å². The quantitative estimate of drug-likeness (QED) is 0.785. The van der Waals surface area contributed by atoms with Crippen molar-refractivity contribution in [3.63, 3.8) is 0 Å². The van der Waals surface area contributed by atoms with Crippen molar-refractivity contribution in [2.24, 2.45) is 0 Å². The summed E-state index contributed by atoms with van der Waals surface area (Å²) in [6.07, 6.45) is 4.46. The third-order valence-electron chi connectivity index (χ3n) is 5.51. The number of hydrogen-bond donors (Lipinski definition) is 1. The van der Waals surface area contributed by atoms with Gasteiger partial charge in [-0.3, -0.25) is 14.5 Å². The molecule has 6 nitrogen and oxygen atoms in total. The number of nitrogens with zero attached hydrogens (tertiary/aromatic N) is 2.